The van der Waals surface area contributed by atoms with E-state index in [9.17, 15) is 4.79 Å². The summed E-state index contributed by atoms with van der Waals surface area (Å²) in [5.41, 5.74) is 3.11. The molecule has 0 saturated heterocycles. The van der Waals surface area contributed by atoms with Crippen molar-refractivity contribution in [3.8, 4) is 11.3 Å². The number of hydrogen-bond donors (Lipinski definition) is 1. The number of rotatable bonds is 3. The SMILES string of the molecule is Cc1cccc(C(=O)Nc2nc(-c3ccc(Br)cc3)c(C)s2)n1. The molecule has 1 amide bonds. The lowest BCUT2D eigenvalue weighted by Gasteiger charge is -2.01. The van der Waals surface area contributed by atoms with E-state index in [1.807, 2.05) is 50.2 Å². The Morgan fingerprint density at radius 2 is 1.83 bits per heavy atom. The first-order valence-corrected chi connectivity index (χ1v) is 8.62. The van der Waals surface area contributed by atoms with Crippen LogP contribution in [0.2, 0.25) is 0 Å². The molecule has 0 atom stereocenters. The molecule has 1 aromatic carbocycles. The average molecular weight is 388 g/mol. The number of carbonyl (C=O) groups is 1. The first kappa shape index (κ1) is 15.8. The number of carbonyl (C=O) groups excluding carboxylic acids is 1. The number of nitrogens with zero attached hydrogens (tertiary/aromatic N) is 2. The number of hydrogen-bond acceptors (Lipinski definition) is 4. The predicted molar refractivity (Wildman–Crippen MR) is 96.9 cm³/mol. The van der Waals surface area contributed by atoms with Gasteiger partial charge >= 0.3 is 0 Å². The van der Waals surface area contributed by atoms with Gasteiger partial charge in [0.1, 0.15) is 5.69 Å². The molecule has 0 saturated carbocycles. The second kappa shape index (κ2) is 6.60. The molecule has 0 aliphatic heterocycles. The molecule has 3 rings (SSSR count). The zero-order valence-electron chi connectivity index (χ0n) is 12.6. The van der Waals surface area contributed by atoms with Gasteiger partial charge in [0.2, 0.25) is 0 Å². The van der Waals surface area contributed by atoms with E-state index in [-0.39, 0.29) is 5.91 Å². The minimum Gasteiger partial charge on any atom is -0.296 e. The smallest absolute Gasteiger partial charge is 0.276 e. The van der Waals surface area contributed by atoms with Gasteiger partial charge in [-0.25, -0.2) is 9.97 Å². The fourth-order valence-corrected chi connectivity index (χ4v) is 3.25. The van der Waals surface area contributed by atoms with Gasteiger partial charge in [-0.1, -0.05) is 34.1 Å². The molecule has 0 fully saturated rings. The van der Waals surface area contributed by atoms with E-state index in [1.165, 1.54) is 11.3 Å². The Kier molecular flexibility index (Phi) is 4.54. The lowest BCUT2D eigenvalue weighted by atomic mass is 10.1. The van der Waals surface area contributed by atoms with Crippen molar-refractivity contribution in [2.75, 3.05) is 5.32 Å². The standard InChI is InChI=1S/C17H14BrN3OS/c1-10-4-3-5-14(19-10)16(22)21-17-20-15(11(2)23-17)12-6-8-13(18)9-7-12/h3-9H,1-2H3,(H,20,21,22). The van der Waals surface area contributed by atoms with E-state index in [1.54, 1.807) is 6.07 Å². The number of pyridine rings is 1. The van der Waals surface area contributed by atoms with Crippen molar-refractivity contribution in [1.82, 2.24) is 9.97 Å². The van der Waals surface area contributed by atoms with Crippen molar-refractivity contribution in [3.05, 3.63) is 63.2 Å². The van der Waals surface area contributed by atoms with Gasteiger partial charge in [-0.3, -0.25) is 10.1 Å². The molecule has 0 radical (unpaired) electrons. The first-order valence-electron chi connectivity index (χ1n) is 7.01. The van der Waals surface area contributed by atoms with E-state index >= 15 is 0 Å². The van der Waals surface area contributed by atoms with Gasteiger partial charge in [-0.05, 0) is 38.1 Å². The van der Waals surface area contributed by atoms with Gasteiger partial charge in [0.25, 0.3) is 5.91 Å². The molecule has 0 spiro atoms. The minimum atomic E-state index is -0.246. The highest BCUT2D eigenvalue weighted by atomic mass is 79.9. The molecular weight excluding hydrogens is 374 g/mol. The summed E-state index contributed by atoms with van der Waals surface area (Å²) in [5, 5.41) is 3.40. The van der Waals surface area contributed by atoms with Gasteiger partial charge < -0.3 is 0 Å². The van der Waals surface area contributed by atoms with Gasteiger partial charge in [0.05, 0.1) is 5.69 Å². The van der Waals surface area contributed by atoms with Gasteiger partial charge in [0, 0.05) is 20.6 Å². The quantitative estimate of drug-likeness (QED) is 0.699. The highest BCUT2D eigenvalue weighted by Crippen LogP contribution is 2.31. The summed E-state index contributed by atoms with van der Waals surface area (Å²) in [5.74, 6) is -0.246. The van der Waals surface area contributed by atoms with E-state index in [2.05, 4.69) is 31.2 Å². The summed E-state index contributed by atoms with van der Waals surface area (Å²) in [4.78, 5) is 22.1. The van der Waals surface area contributed by atoms with Crippen molar-refractivity contribution in [2.45, 2.75) is 13.8 Å². The summed E-state index contributed by atoms with van der Waals surface area (Å²) in [7, 11) is 0. The lowest BCUT2D eigenvalue weighted by molar-refractivity contribution is 0.102. The number of benzene rings is 1. The monoisotopic (exact) mass is 387 g/mol. The maximum Gasteiger partial charge on any atom is 0.276 e. The second-order valence-electron chi connectivity index (χ2n) is 5.05. The van der Waals surface area contributed by atoms with Crippen molar-refractivity contribution in [3.63, 3.8) is 0 Å². The van der Waals surface area contributed by atoms with Crippen molar-refractivity contribution in [1.29, 1.82) is 0 Å². The molecule has 4 nitrogen and oxygen atoms in total. The van der Waals surface area contributed by atoms with Crippen LogP contribution in [0.25, 0.3) is 11.3 Å². The van der Waals surface area contributed by atoms with Crippen LogP contribution in [0.5, 0.6) is 0 Å². The van der Waals surface area contributed by atoms with Crippen LogP contribution in [0.3, 0.4) is 0 Å². The summed E-state index contributed by atoms with van der Waals surface area (Å²) >= 11 is 4.88. The van der Waals surface area contributed by atoms with Crippen LogP contribution in [0.4, 0.5) is 5.13 Å². The molecule has 0 aliphatic rings. The van der Waals surface area contributed by atoms with E-state index in [4.69, 9.17) is 0 Å². The molecule has 0 aliphatic carbocycles. The number of nitrogens with one attached hydrogen (secondary N) is 1. The van der Waals surface area contributed by atoms with Crippen LogP contribution in [0, 0.1) is 13.8 Å². The summed E-state index contributed by atoms with van der Waals surface area (Å²) in [6, 6.07) is 13.3. The average Bonchev–Trinajstić information content (AvgIpc) is 2.88. The Bertz CT molecular complexity index is 859. The van der Waals surface area contributed by atoms with Gasteiger partial charge in [-0.2, -0.15) is 0 Å². The predicted octanol–water partition coefficient (Wildman–Crippen LogP) is 4.84. The summed E-state index contributed by atoms with van der Waals surface area (Å²) in [6.07, 6.45) is 0. The highest BCUT2D eigenvalue weighted by molar-refractivity contribution is 9.10. The number of aromatic nitrogens is 2. The van der Waals surface area contributed by atoms with Gasteiger partial charge in [-0.15, -0.1) is 11.3 Å². The Labute approximate surface area is 146 Å². The molecule has 0 bridgehead atoms. The van der Waals surface area contributed by atoms with E-state index in [0.29, 0.717) is 10.8 Å². The third-order valence-electron chi connectivity index (χ3n) is 3.26. The zero-order chi connectivity index (χ0) is 16.4. The largest absolute Gasteiger partial charge is 0.296 e. The van der Waals surface area contributed by atoms with Crippen molar-refractivity contribution < 1.29 is 4.79 Å². The van der Waals surface area contributed by atoms with E-state index < -0.39 is 0 Å². The Hall–Kier alpha value is -2.05. The number of thiazole rings is 1. The Balaban J connectivity index is 1.83. The number of anilines is 1. The molecule has 2 aromatic heterocycles. The van der Waals surface area contributed by atoms with Crippen LogP contribution in [0.1, 0.15) is 21.1 Å². The van der Waals surface area contributed by atoms with Crippen LogP contribution < -0.4 is 5.32 Å². The molecule has 6 heteroatoms. The molecule has 0 unspecified atom stereocenters. The Morgan fingerprint density at radius 1 is 1.09 bits per heavy atom. The fraction of sp³-hybridized carbons (Fsp3) is 0.118. The lowest BCUT2D eigenvalue weighted by Crippen LogP contribution is -2.13. The number of amides is 1. The summed E-state index contributed by atoms with van der Waals surface area (Å²) in [6.45, 7) is 3.85. The second-order valence-corrected chi connectivity index (χ2v) is 7.17. The molecule has 116 valence electrons. The topological polar surface area (TPSA) is 54.9 Å². The van der Waals surface area contributed by atoms with Gasteiger partial charge in [0.15, 0.2) is 5.13 Å². The van der Waals surface area contributed by atoms with E-state index in [0.717, 1.165) is 26.3 Å². The Morgan fingerprint density at radius 3 is 2.52 bits per heavy atom. The molecule has 23 heavy (non-hydrogen) atoms. The van der Waals surface area contributed by atoms with Crippen LogP contribution in [-0.2, 0) is 0 Å². The zero-order valence-corrected chi connectivity index (χ0v) is 15.0. The fourth-order valence-electron chi connectivity index (χ4n) is 2.16. The number of halogens is 1. The van der Waals surface area contributed by atoms with Crippen molar-refractivity contribution in [2.24, 2.45) is 0 Å². The minimum absolute atomic E-state index is 0.246. The third kappa shape index (κ3) is 3.65. The summed E-state index contributed by atoms with van der Waals surface area (Å²) < 4.78 is 1.02. The van der Waals surface area contributed by atoms with Crippen LogP contribution in [0.15, 0.2) is 46.9 Å². The van der Waals surface area contributed by atoms with Crippen molar-refractivity contribution >= 4 is 38.3 Å². The third-order valence-corrected chi connectivity index (χ3v) is 4.67. The first-order chi connectivity index (χ1) is 11.0. The maximum absolute atomic E-state index is 12.3. The normalized spacial score (nSPS) is 10.6. The molecule has 1 N–H and O–H groups in total. The highest BCUT2D eigenvalue weighted by Gasteiger charge is 2.14. The molecular formula is C17H14BrN3OS. The van der Waals surface area contributed by atoms with Crippen LogP contribution in [-0.4, -0.2) is 15.9 Å². The maximum atomic E-state index is 12.3. The van der Waals surface area contributed by atoms with Crippen LogP contribution >= 0.6 is 27.3 Å². The molecule has 3 aromatic rings. The number of aryl methyl sites for hydroxylation is 2. The molecule has 2 heterocycles.